The number of hydrogen-bond donors (Lipinski definition) is 1. The molecule has 2 atom stereocenters. The summed E-state index contributed by atoms with van der Waals surface area (Å²) in [5, 5.41) is 9.37. The summed E-state index contributed by atoms with van der Waals surface area (Å²) >= 11 is 0. The van der Waals surface area contributed by atoms with Gasteiger partial charge >= 0.3 is 20.9 Å². The van der Waals surface area contributed by atoms with Gasteiger partial charge in [0, 0.05) is 21.3 Å². The maximum Gasteiger partial charge on any atom is 0.599 e. The Morgan fingerprint density at radius 1 is 0.963 bits per heavy atom. The summed E-state index contributed by atoms with van der Waals surface area (Å²) < 4.78 is 23.8. The maximum absolute atomic E-state index is 13.0. The van der Waals surface area contributed by atoms with Crippen molar-refractivity contribution in [3.8, 4) is 0 Å². The van der Waals surface area contributed by atoms with Crippen molar-refractivity contribution in [2.75, 3.05) is 27.9 Å². The van der Waals surface area contributed by atoms with Crippen LogP contribution in [0, 0.1) is 0 Å². The standard InChI is InChI=1S/C18H37NO7Si/c1-7-10-12-15(11-8-2)26-18(22)16(14-17(20)21)19(13-9-3)27(23-4,24-5)25-6/h15-16H,7-14H2,1-6H3,(H,20,21). The Morgan fingerprint density at radius 2 is 1.56 bits per heavy atom. The van der Waals surface area contributed by atoms with Crippen LogP contribution in [-0.2, 0) is 27.6 Å². The molecule has 0 fully saturated rings. The van der Waals surface area contributed by atoms with Crippen LogP contribution in [0.2, 0.25) is 0 Å². The number of esters is 1. The van der Waals surface area contributed by atoms with Gasteiger partial charge in [0.25, 0.3) is 0 Å². The van der Waals surface area contributed by atoms with Gasteiger partial charge in [0.2, 0.25) is 0 Å². The number of carbonyl (C=O) groups is 2. The normalized spacial score (nSPS) is 14.2. The molecule has 0 bridgehead atoms. The van der Waals surface area contributed by atoms with Crippen LogP contribution in [0.5, 0.6) is 0 Å². The minimum Gasteiger partial charge on any atom is -0.481 e. The summed E-state index contributed by atoms with van der Waals surface area (Å²) in [4.78, 5) is 24.4. The first kappa shape index (κ1) is 26.0. The highest BCUT2D eigenvalue weighted by Crippen LogP contribution is 2.22. The molecular formula is C18H37NO7Si. The van der Waals surface area contributed by atoms with E-state index in [4.69, 9.17) is 18.0 Å². The Kier molecular flexibility index (Phi) is 13.5. The fourth-order valence-corrected chi connectivity index (χ4v) is 5.35. The summed E-state index contributed by atoms with van der Waals surface area (Å²) in [6, 6.07) is -1.03. The van der Waals surface area contributed by atoms with E-state index in [1.54, 1.807) is 4.57 Å². The van der Waals surface area contributed by atoms with E-state index in [0.29, 0.717) is 13.0 Å². The summed E-state index contributed by atoms with van der Waals surface area (Å²) in [6.07, 6.45) is 4.41. The summed E-state index contributed by atoms with van der Waals surface area (Å²) in [6.45, 7) is 6.43. The summed E-state index contributed by atoms with van der Waals surface area (Å²) in [5.41, 5.74) is 0. The molecule has 0 radical (unpaired) electrons. The van der Waals surface area contributed by atoms with Crippen molar-refractivity contribution >= 4 is 20.9 Å². The molecule has 0 spiro atoms. The second-order valence-corrected chi connectivity index (χ2v) is 9.28. The first-order chi connectivity index (χ1) is 12.8. The quantitative estimate of drug-likeness (QED) is 0.308. The maximum atomic E-state index is 13.0. The highest BCUT2D eigenvalue weighted by Gasteiger charge is 2.52. The lowest BCUT2D eigenvalue weighted by atomic mass is 10.1. The molecule has 2 unspecified atom stereocenters. The Hall–Kier alpha value is -1.00. The Bertz CT molecular complexity index is 424. The molecule has 9 heteroatoms. The van der Waals surface area contributed by atoms with Gasteiger partial charge in [-0.3, -0.25) is 9.59 Å². The molecule has 0 saturated heterocycles. The van der Waals surface area contributed by atoms with Crippen LogP contribution in [0.4, 0.5) is 0 Å². The van der Waals surface area contributed by atoms with Gasteiger partial charge in [0.05, 0.1) is 6.42 Å². The number of aliphatic carboxylic acids is 1. The minimum absolute atomic E-state index is 0.217. The molecule has 1 N–H and O–H groups in total. The van der Waals surface area contributed by atoms with E-state index in [1.165, 1.54) is 21.3 Å². The lowest BCUT2D eigenvalue weighted by molar-refractivity contribution is -0.160. The highest BCUT2D eigenvalue weighted by atomic mass is 28.4. The van der Waals surface area contributed by atoms with Gasteiger partial charge in [0.1, 0.15) is 12.1 Å². The van der Waals surface area contributed by atoms with Crippen LogP contribution in [0.15, 0.2) is 0 Å². The fraction of sp³-hybridized carbons (Fsp3) is 0.889. The van der Waals surface area contributed by atoms with E-state index >= 15 is 0 Å². The first-order valence-corrected chi connectivity index (χ1v) is 11.4. The van der Waals surface area contributed by atoms with Gasteiger partial charge in [-0.25, -0.2) is 4.57 Å². The number of nitrogens with zero attached hydrogens (tertiary/aromatic N) is 1. The lowest BCUT2D eigenvalue weighted by Crippen LogP contribution is -2.65. The van der Waals surface area contributed by atoms with Crippen LogP contribution >= 0.6 is 0 Å². The van der Waals surface area contributed by atoms with Gasteiger partial charge in [-0.15, -0.1) is 0 Å². The predicted molar refractivity (Wildman–Crippen MR) is 104 cm³/mol. The van der Waals surface area contributed by atoms with Crippen molar-refractivity contribution in [2.24, 2.45) is 0 Å². The second-order valence-electron chi connectivity index (χ2n) is 6.43. The second kappa shape index (κ2) is 14.1. The molecule has 160 valence electrons. The number of carboxylic acids is 1. The van der Waals surface area contributed by atoms with Gasteiger partial charge in [-0.1, -0.05) is 40.0 Å². The van der Waals surface area contributed by atoms with E-state index in [9.17, 15) is 14.7 Å². The molecule has 0 aliphatic carbocycles. The van der Waals surface area contributed by atoms with E-state index in [-0.39, 0.29) is 6.10 Å². The SMILES string of the molecule is CCCCC(CCC)OC(=O)C(CC(=O)O)N(CCC)[Si](OC)(OC)OC. The van der Waals surface area contributed by atoms with E-state index in [0.717, 1.165) is 32.1 Å². The molecule has 0 heterocycles. The van der Waals surface area contributed by atoms with Gasteiger partial charge < -0.3 is 23.1 Å². The molecule has 0 aromatic carbocycles. The third kappa shape index (κ3) is 8.26. The van der Waals surface area contributed by atoms with Crippen LogP contribution in [0.25, 0.3) is 0 Å². The van der Waals surface area contributed by atoms with Crippen LogP contribution in [0.3, 0.4) is 0 Å². The average Bonchev–Trinajstić information content (AvgIpc) is 2.65. The van der Waals surface area contributed by atoms with Crippen molar-refractivity contribution < 1.29 is 32.7 Å². The Labute approximate surface area is 164 Å². The molecule has 0 aromatic heterocycles. The predicted octanol–water partition coefficient (Wildman–Crippen LogP) is 2.82. The number of rotatable bonds is 16. The molecule has 0 amide bonds. The molecule has 0 aliphatic heterocycles. The largest absolute Gasteiger partial charge is 0.599 e. The zero-order valence-corrected chi connectivity index (χ0v) is 18.7. The molecule has 0 saturated carbocycles. The topological polar surface area (TPSA) is 94.5 Å². The van der Waals surface area contributed by atoms with Gasteiger partial charge in [0.15, 0.2) is 0 Å². The Morgan fingerprint density at radius 3 is 1.96 bits per heavy atom. The molecule has 27 heavy (non-hydrogen) atoms. The zero-order valence-electron chi connectivity index (χ0n) is 17.7. The van der Waals surface area contributed by atoms with Crippen molar-refractivity contribution in [1.29, 1.82) is 0 Å². The molecule has 0 aliphatic rings. The number of carbonyl (C=O) groups excluding carboxylic acids is 1. The van der Waals surface area contributed by atoms with Crippen molar-refractivity contribution in [1.82, 2.24) is 4.57 Å². The van der Waals surface area contributed by atoms with E-state index in [2.05, 4.69) is 6.92 Å². The van der Waals surface area contributed by atoms with Crippen LogP contribution in [0.1, 0.15) is 65.7 Å². The first-order valence-electron chi connectivity index (χ1n) is 9.70. The highest BCUT2D eigenvalue weighted by molar-refractivity contribution is 6.57. The van der Waals surface area contributed by atoms with Crippen molar-refractivity contribution in [3.05, 3.63) is 0 Å². The fourth-order valence-electron chi connectivity index (χ4n) is 3.07. The summed E-state index contributed by atoms with van der Waals surface area (Å²) in [5.74, 6) is -1.66. The smallest absolute Gasteiger partial charge is 0.481 e. The monoisotopic (exact) mass is 407 g/mol. The van der Waals surface area contributed by atoms with Gasteiger partial charge in [-0.05, 0) is 25.8 Å². The lowest BCUT2D eigenvalue weighted by Gasteiger charge is -2.39. The number of unbranched alkanes of at least 4 members (excludes halogenated alkanes) is 1. The molecule has 8 nitrogen and oxygen atoms in total. The molecule has 0 aromatic rings. The third-order valence-corrected chi connectivity index (χ3v) is 7.17. The summed E-state index contributed by atoms with van der Waals surface area (Å²) in [7, 11) is 0.924. The van der Waals surface area contributed by atoms with Crippen LogP contribution < -0.4 is 0 Å². The Balaban J connectivity index is 5.67. The zero-order chi connectivity index (χ0) is 20.9. The van der Waals surface area contributed by atoms with Gasteiger partial charge in [-0.2, -0.15) is 0 Å². The number of hydrogen-bond acceptors (Lipinski definition) is 7. The van der Waals surface area contributed by atoms with Crippen LogP contribution in [-0.4, -0.2) is 70.6 Å². The minimum atomic E-state index is -3.39. The van der Waals surface area contributed by atoms with Crippen molar-refractivity contribution in [2.45, 2.75) is 77.9 Å². The van der Waals surface area contributed by atoms with Crippen molar-refractivity contribution in [3.63, 3.8) is 0 Å². The third-order valence-electron chi connectivity index (χ3n) is 4.38. The van der Waals surface area contributed by atoms with E-state index in [1.807, 2.05) is 13.8 Å². The molecule has 0 rings (SSSR count). The average molecular weight is 408 g/mol. The molecular weight excluding hydrogens is 370 g/mol. The number of ether oxygens (including phenoxy) is 1. The number of carboxylic acid groups (broad SMARTS) is 1. The van der Waals surface area contributed by atoms with E-state index < -0.39 is 33.4 Å².